The third kappa shape index (κ3) is 2.23. The molecule has 0 amide bonds. The predicted octanol–water partition coefficient (Wildman–Crippen LogP) is 6.11. The van der Waals surface area contributed by atoms with Gasteiger partial charge < -0.3 is 4.98 Å². The van der Waals surface area contributed by atoms with Crippen LogP contribution in [0.5, 0.6) is 0 Å². The molecule has 112 valence electrons. The quantitative estimate of drug-likeness (QED) is 0.439. The largest absolute Gasteiger partial charge is 0.353 e. The summed E-state index contributed by atoms with van der Waals surface area (Å²) in [7, 11) is 0. The van der Waals surface area contributed by atoms with Gasteiger partial charge in [0, 0.05) is 26.9 Å². The van der Waals surface area contributed by atoms with E-state index in [0.29, 0.717) is 21.3 Å². The Kier molecular flexibility index (Phi) is 3.37. The molecule has 3 aromatic carbocycles. The van der Waals surface area contributed by atoms with Crippen molar-refractivity contribution in [1.82, 2.24) is 4.98 Å². The number of aldehydes is 1. The van der Waals surface area contributed by atoms with E-state index in [1.165, 1.54) is 0 Å². The van der Waals surface area contributed by atoms with Crippen molar-refractivity contribution >= 4 is 51.2 Å². The van der Waals surface area contributed by atoms with Gasteiger partial charge in [-0.2, -0.15) is 0 Å². The van der Waals surface area contributed by atoms with Gasteiger partial charge in [0.05, 0.1) is 16.2 Å². The molecule has 0 unspecified atom stereocenters. The molecule has 0 radical (unpaired) electrons. The highest BCUT2D eigenvalue weighted by Gasteiger charge is 2.16. The minimum Gasteiger partial charge on any atom is -0.353 e. The summed E-state index contributed by atoms with van der Waals surface area (Å²) >= 11 is 12.4. The minimum atomic E-state index is 0.549. The van der Waals surface area contributed by atoms with Gasteiger partial charge in [0.25, 0.3) is 0 Å². The predicted molar refractivity (Wildman–Crippen MR) is 96.6 cm³/mol. The van der Waals surface area contributed by atoms with Gasteiger partial charge in [-0.15, -0.1) is 0 Å². The SMILES string of the molecule is O=Cc1c(-c2cc(Cl)ccc2Cl)[nH]c2c1ccc1ccccc12. The average Bonchev–Trinajstić information content (AvgIpc) is 2.95. The van der Waals surface area contributed by atoms with E-state index in [4.69, 9.17) is 23.2 Å². The fraction of sp³-hybridized carbons (Fsp3) is 0. The highest BCUT2D eigenvalue weighted by Crippen LogP contribution is 2.37. The van der Waals surface area contributed by atoms with Gasteiger partial charge >= 0.3 is 0 Å². The fourth-order valence-electron chi connectivity index (χ4n) is 2.98. The Labute approximate surface area is 142 Å². The van der Waals surface area contributed by atoms with E-state index in [0.717, 1.165) is 33.5 Å². The van der Waals surface area contributed by atoms with Crippen LogP contribution in [-0.4, -0.2) is 11.3 Å². The van der Waals surface area contributed by atoms with Crippen LogP contribution in [0.15, 0.2) is 54.6 Å². The van der Waals surface area contributed by atoms with Crippen molar-refractivity contribution < 1.29 is 4.79 Å². The molecular formula is C19H11Cl2NO. The average molecular weight is 340 g/mol. The maximum atomic E-state index is 11.7. The summed E-state index contributed by atoms with van der Waals surface area (Å²) in [4.78, 5) is 15.1. The summed E-state index contributed by atoms with van der Waals surface area (Å²) in [5.41, 5.74) is 2.94. The molecule has 0 saturated heterocycles. The van der Waals surface area contributed by atoms with Crippen LogP contribution in [0.4, 0.5) is 0 Å². The lowest BCUT2D eigenvalue weighted by Crippen LogP contribution is -1.86. The molecule has 4 rings (SSSR count). The van der Waals surface area contributed by atoms with Crippen LogP contribution < -0.4 is 0 Å². The van der Waals surface area contributed by atoms with Crippen LogP contribution in [0.3, 0.4) is 0 Å². The third-order valence-corrected chi connectivity index (χ3v) is 4.62. The number of H-pyrrole nitrogens is 1. The molecule has 2 nitrogen and oxygen atoms in total. The number of benzene rings is 3. The smallest absolute Gasteiger partial charge is 0.152 e. The van der Waals surface area contributed by atoms with E-state index in [2.05, 4.69) is 4.98 Å². The van der Waals surface area contributed by atoms with Gasteiger partial charge in [0.1, 0.15) is 0 Å². The summed E-state index contributed by atoms with van der Waals surface area (Å²) in [6.07, 6.45) is 0.861. The van der Waals surface area contributed by atoms with Crippen molar-refractivity contribution in [3.8, 4) is 11.3 Å². The Morgan fingerprint density at radius 3 is 2.57 bits per heavy atom. The molecular weight excluding hydrogens is 329 g/mol. The number of hydrogen-bond acceptors (Lipinski definition) is 1. The van der Waals surface area contributed by atoms with Gasteiger partial charge in [-0.1, -0.05) is 59.6 Å². The van der Waals surface area contributed by atoms with Gasteiger partial charge in [0.15, 0.2) is 6.29 Å². The van der Waals surface area contributed by atoms with Crippen molar-refractivity contribution in [2.24, 2.45) is 0 Å². The lowest BCUT2D eigenvalue weighted by molar-refractivity contribution is 0.112. The second-order valence-corrected chi connectivity index (χ2v) is 6.21. The Hall–Kier alpha value is -2.29. The molecule has 4 aromatic rings. The molecule has 0 aliphatic carbocycles. The second kappa shape index (κ2) is 5.41. The molecule has 0 aliphatic rings. The first-order valence-corrected chi connectivity index (χ1v) is 7.88. The van der Waals surface area contributed by atoms with Crippen LogP contribution in [0.1, 0.15) is 10.4 Å². The normalized spacial score (nSPS) is 11.2. The van der Waals surface area contributed by atoms with Gasteiger partial charge in [-0.25, -0.2) is 0 Å². The van der Waals surface area contributed by atoms with Crippen molar-refractivity contribution in [2.75, 3.05) is 0 Å². The molecule has 1 N–H and O–H groups in total. The minimum absolute atomic E-state index is 0.549. The van der Waals surface area contributed by atoms with E-state index < -0.39 is 0 Å². The van der Waals surface area contributed by atoms with Crippen molar-refractivity contribution in [3.05, 3.63) is 70.2 Å². The van der Waals surface area contributed by atoms with Gasteiger partial charge in [0.2, 0.25) is 0 Å². The number of rotatable bonds is 2. The van der Waals surface area contributed by atoms with E-state index in [9.17, 15) is 4.79 Å². The maximum Gasteiger partial charge on any atom is 0.152 e. The van der Waals surface area contributed by atoms with Crippen molar-refractivity contribution in [3.63, 3.8) is 0 Å². The number of carbonyl (C=O) groups is 1. The molecule has 0 aliphatic heterocycles. The standard InChI is InChI=1S/C19H11Cl2NO/c20-12-6-8-17(21)15(9-12)19-16(10-23)14-7-5-11-3-1-2-4-13(11)18(14)22-19/h1-10,22H. The number of nitrogens with one attached hydrogen (secondary N) is 1. The lowest BCUT2D eigenvalue weighted by atomic mass is 10.0. The van der Waals surface area contributed by atoms with Crippen LogP contribution in [0.25, 0.3) is 32.9 Å². The monoisotopic (exact) mass is 339 g/mol. The maximum absolute atomic E-state index is 11.7. The van der Waals surface area contributed by atoms with E-state index in [-0.39, 0.29) is 0 Å². The molecule has 4 heteroatoms. The zero-order valence-corrected chi connectivity index (χ0v) is 13.4. The number of halogens is 2. The van der Waals surface area contributed by atoms with E-state index >= 15 is 0 Å². The highest BCUT2D eigenvalue weighted by molar-refractivity contribution is 6.35. The highest BCUT2D eigenvalue weighted by atomic mass is 35.5. The summed E-state index contributed by atoms with van der Waals surface area (Å²) in [5.74, 6) is 0. The summed E-state index contributed by atoms with van der Waals surface area (Å²) in [5, 5.41) is 4.18. The van der Waals surface area contributed by atoms with E-state index in [1.54, 1.807) is 18.2 Å². The molecule has 0 spiro atoms. The van der Waals surface area contributed by atoms with E-state index in [1.807, 2.05) is 36.4 Å². The number of carbonyl (C=O) groups excluding carboxylic acids is 1. The number of hydrogen-bond donors (Lipinski definition) is 1. The number of aromatic amines is 1. The summed E-state index contributed by atoms with van der Waals surface area (Å²) in [6.45, 7) is 0. The van der Waals surface area contributed by atoms with Crippen LogP contribution in [0, 0.1) is 0 Å². The van der Waals surface area contributed by atoms with Crippen molar-refractivity contribution in [1.29, 1.82) is 0 Å². The first kappa shape index (κ1) is 14.3. The summed E-state index contributed by atoms with van der Waals surface area (Å²) < 4.78 is 0. The zero-order valence-electron chi connectivity index (χ0n) is 11.9. The second-order valence-electron chi connectivity index (χ2n) is 5.36. The van der Waals surface area contributed by atoms with Gasteiger partial charge in [-0.3, -0.25) is 4.79 Å². The molecule has 0 atom stereocenters. The Bertz CT molecular complexity index is 1070. The molecule has 0 fully saturated rings. The molecule has 23 heavy (non-hydrogen) atoms. The molecule has 1 aromatic heterocycles. The fourth-order valence-corrected chi connectivity index (χ4v) is 3.37. The van der Waals surface area contributed by atoms with Gasteiger partial charge in [-0.05, 0) is 23.6 Å². The topological polar surface area (TPSA) is 32.9 Å². The third-order valence-electron chi connectivity index (χ3n) is 4.05. The molecule has 0 saturated carbocycles. The lowest BCUT2D eigenvalue weighted by Gasteiger charge is -2.04. The Morgan fingerprint density at radius 1 is 0.913 bits per heavy atom. The Morgan fingerprint density at radius 2 is 1.74 bits per heavy atom. The zero-order chi connectivity index (χ0) is 16.0. The molecule has 1 heterocycles. The first-order chi connectivity index (χ1) is 11.2. The summed E-state index contributed by atoms with van der Waals surface area (Å²) in [6, 6.07) is 17.3. The number of aromatic nitrogens is 1. The Balaban J connectivity index is 2.13. The number of fused-ring (bicyclic) bond motifs is 3. The molecule has 0 bridgehead atoms. The van der Waals surface area contributed by atoms with Crippen LogP contribution in [-0.2, 0) is 0 Å². The first-order valence-electron chi connectivity index (χ1n) is 7.13. The van der Waals surface area contributed by atoms with Crippen LogP contribution in [0.2, 0.25) is 10.0 Å². The van der Waals surface area contributed by atoms with Crippen LogP contribution >= 0.6 is 23.2 Å². The van der Waals surface area contributed by atoms with Crippen molar-refractivity contribution in [2.45, 2.75) is 0 Å².